The molecule has 1 aromatic carbocycles. The number of carboxylic acid groups (broad SMARTS) is 1. The van der Waals surface area contributed by atoms with Crippen LogP contribution in [0.2, 0.25) is 5.02 Å². The minimum atomic E-state index is -3.76. The third-order valence-corrected chi connectivity index (χ3v) is 4.81. The van der Waals surface area contributed by atoms with Gasteiger partial charge in [0.1, 0.15) is 0 Å². The zero-order chi connectivity index (χ0) is 15.3. The van der Waals surface area contributed by atoms with Crippen LogP contribution in [0.1, 0.15) is 17.3 Å². The van der Waals surface area contributed by atoms with Crippen LogP contribution in [0.15, 0.2) is 23.1 Å². The highest BCUT2D eigenvalue weighted by atomic mass is 35.5. The van der Waals surface area contributed by atoms with Gasteiger partial charge in [0.25, 0.3) is 0 Å². The largest absolute Gasteiger partial charge is 0.478 e. The fourth-order valence-electron chi connectivity index (χ4n) is 1.47. The van der Waals surface area contributed by atoms with E-state index in [4.69, 9.17) is 21.4 Å². The molecule has 0 aliphatic carbocycles. The summed E-state index contributed by atoms with van der Waals surface area (Å²) in [7, 11) is -2.35. The Bertz CT molecular complexity index is 588. The molecule has 112 valence electrons. The molecule has 0 aliphatic heterocycles. The first kappa shape index (κ1) is 16.9. The first-order valence-electron chi connectivity index (χ1n) is 5.87. The molecular weight excluding hydrogens is 306 g/mol. The Morgan fingerprint density at radius 1 is 1.45 bits per heavy atom. The van der Waals surface area contributed by atoms with Gasteiger partial charge in [-0.25, -0.2) is 13.2 Å². The fourth-order valence-corrected chi connectivity index (χ4v) is 2.85. The van der Waals surface area contributed by atoms with Gasteiger partial charge in [0.15, 0.2) is 0 Å². The van der Waals surface area contributed by atoms with Crippen molar-refractivity contribution >= 4 is 27.6 Å². The number of rotatable bonds is 7. The van der Waals surface area contributed by atoms with Gasteiger partial charge in [0, 0.05) is 20.2 Å². The molecule has 0 fully saturated rings. The van der Waals surface area contributed by atoms with E-state index in [-0.39, 0.29) is 28.6 Å². The number of ether oxygens (including phenoxy) is 1. The van der Waals surface area contributed by atoms with Gasteiger partial charge >= 0.3 is 5.97 Å². The Morgan fingerprint density at radius 2 is 2.10 bits per heavy atom. The number of aromatic carboxylic acids is 1. The highest BCUT2D eigenvalue weighted by molar-refractivity contribution is 7.89. The average Bonchev–Trinajstić information content (AvgIpc) is 2.38. The van der Waals surface area contributed by atoms with Crippen molar-refractivity contribution in [3.05, 3.63) is 28.8 Å². The summed E-state index contributed by atoms with van der Waals surface area (Å²) in [6, 6.07) is 3.59. The number of carboxylic acids is 1. The molecule has 0 heterocycles. The summed E-state index contributed by atoms with van der Waals surface area (Å²) >= 11 is 5.71. The minimum Gasteiger partial charge on any atom is -0.478 e. The Kier molecular flexibility index (Phi) is 5.94. The normalized spacial score (nSPS) is 11.8. The maximum Gasteiger partial charge on any atom is 0.337 e. The van der Waals surface area contributed by atoms with E-state index >= 15 is 0 Å². The summed E-state index contributed by atoms with van der Waals surface area (Å²) < 4.78 is 30.7. The zero-order valence-corrected chi connectivity index (χ0v) is 12.7. The second-order valence-electron chi connectivity index (χ2n) is 3.97. The summed E-state index contributed by atoms with van der Waals surface area (Å²) in [6.45, 7) is 2.76. The second-order valence-corrected chi connectivity index (χ2v) is 6.42. The molecular formula is C12H16ClNO5S. The molecule has 1 rings (SSSR count). The van der Waals surface area contributed by atoms with Crippen molar-refractivity contribution in [1.29, 1.82) is 0 Å². The molecule has 0 unspecified atom stereocenters. The molecule has 1 aromatic rings. The van der Waals surface area contributed by atoms with Crippen LogP contribution in [0.5, 0.6) is 0 Å². The van der Waals surface area contributed by atoms with Crippen molar-refractivity contribution in [2.45, 2.75) is 11.8 Å². The van der Waals surface area contributed by atoms with E-state index < -0.39 is 16.0 Å². The van der Waals surface area contributed by atoms with Crippen LogP contribution in [-0.2, 0) is 14.8 Å². The number of likely N-dealkylation sites (N-methyl/N-ethyl adjacent to an activating group) is 1. The third kappa shape index (κ3) is 3.92. The Labute approximate surface area is 123 Å². The Morgan fingerprint density at radius 3 is 2.65 bits per heavy atom. The molecule has 0 saturated heterocycles. The summed E-state index contributed by atoms with van der Waals surface area (Å²) in [4.78, 5) is 10.9. The molecule has 1 N–H and O–H groups in total. The lowest BCUT2D eigenvalue weighted by molar-refractivity contribution is 0.0697. The number of carbonyl (C=O) groups is 1. The van der Waals surface area contributed by atoms with E-state index in [0.29, 0.717) is 6.61 Å². The third-order valence-electron chi connectivity index (χ3n) is 2.63. The maximum absolute atomic E-state index is 12.2. The molecule has 0 bridgehead atoms. The van der Waals surface area contributed by atoms with Crippen molar-refractivity contribution in [2.75, 3.05) is 26.8 Å². The van der Waals surface area contributed by atoms with Gasteiger partial charge in [-0.05, 0) is 25.1 Å². The van der Waals surface area contributed by atoms with Crippen molar-refractivity contribution in [1.82, 2.24) is 4.31 Å². The Balaban J connectivity index is 3.03. The molecule has 8 heteroatoms. The number of hydrogen-bond acceptors (Lipinski definition) is 4. The van der Waals surface area contributed by atoms with Crippen LogP contribution in [0.4, 0.5) is 0 Å². The molecule has 6 nitrogen and oxygen atoms in total. The fraction of sp³-hybridized carbons (Fsp3) is 0.417. The number of sulfonamides is 1. The molecule has 0 aliphatic rings. The molecule has 0 atom stereocenters. The van der Waals surface area contributed by atoms with Gasteiger partial charge in [-0.15, -0.1) is 0 Å². The van der Waals surface area contributed by atoms with E-state index in [9.17, 15) is 13.2 Å². The van der Waals surface area contributed by atoms with Crippen LogP contribution in [-0.4, -0.2) is 50.6 Å². The maximum atomic E-state index is 12.2. The van der Waals surface area contributed by atoms with Gasteiger partial charge in [0.2, 0.25) is 10.0 Å². The molecule has 0 radical (unpaired) electrons. The predicted molar refractivity (Wildman–Crippen MR) is 74.7 cm³/mol. The van der Waals surface area contributed by atoms with Crippen LogP contribution in [0.25, 0.3) is 0 Å². The van der Waals surface area contributed by atoms with Crippen LogP contribution < -0.4 is 0 Å². The minimum absolute atomic E-state index is 0.00609. The SMILES string of the molecule is CCOCCN(C)S(=O)(=O)c1ccc(Cl)c(C(=O)O)c1. The van der Waals surface area contributed by atoms with Crippen molar-refractivity contribution in [2.24, 2.45) is 0 Å². The monoisotopic (exact) mass is 321 g/mol. The molecule has 20 heavy (non-hydrogen) atoms. The summed E-state index contributed by atoms with van der Waals surface area (Å²) in [6.07, 6.45) is 0. The lowest BCUT2D eigenvalue weighted by Crippen LogP contribution is -2.30. The number of halogens is 1. The van der Waals surface area contributed by atoms with Crippen molar-refractivity contribution < 1.29 is 23.1 Å². The topological polar surface area (TPSA) is 83.9 Å². The van der Waals surface area contributed by atoms with E-state index in [1.54, 1.807) is 0 Å². The second kappa shape index (κ2) is 7.03. The summed E-state index contributed by atoms with van der Waals surface area (Å²) in [5, 5.41) is 8.95. The van der Waals surface area contributed by atoms with Crippen LogP contribution in [0, 0.1) is 0 Å². The van der Waals surface area contributed by atoms with E-state index in [2.05, 4.69) is 0 Å². The summed E-state index contributed by atoms with van der Waals surface area (Å²) in [5.74, 6) is -1.27. The van der Waals surface area contributed by atoms with Gasteiger partial charge < -0.3 is 9.84 Å². The smallest absolute Gasteiger partial charge is 0.337 e. The van der Waals surface area contributed by atoms with E-state index in [0.717, 1.165) is 10.4 Å². The standard InChI is InChI=1S/C12H16ClNO5S/c1-3-19-7-6-14(2)20(17,18)9-4-5-11(13)10(8-9)12(15)16/h4-5,8H,3,6-7H2,1-2H3,(H,15,16). The molecule has 0 amide bonds. The first-order chi connectivity index (χ1) is 9.30. The highest BCUT2D eigenvalue weighted by Gasteiger charge is 2.22. The molecule has 0 aromatic heterocycles. The zero-order valence-electron chi connectivity index (χ0n) is 11.2. The van der Waals surface area contributed by atoms with Crippen molar-refractivity contribution in [3.63, 3.8) is 0 Å². The van der Waals surface area contributed by atoms with Crippen LogP contribution in [0.3, 0.4) is 0 Å². The molecule has 0 spiro atoms. The lowest BCUT2D eigenvalue weighted by atomic mass is 10.2. The van der Waals surface area contributed by atoms with Gasteiger partial charge in [-0.3, -0.25) is 0 Å². The molecule has 0 saturated carbocycles. The van der Waals surface area contributed by atoms with E-state index in [1.165, 1.54) is 19.2 Å². The Hall–Kier alpha value is -1.15. The lowest BCUT2D eigenvalue weighted by Gasteiger charge is -2.17. The van der Waals surface area contributed by atoms with Crippen molar-refractivity contribution in [3.8, 4) is 0 Å². The van der Waals surface area contributed by atoms with Gasteiger partial charge in [0.05, 0.1) is 22.1 Å². The van der Waals surface area contributed by atoms with Gasteiger partial charge in [-0.1, -0.05) is 11.6 Å². The van der Waals surface area contributed by atoms with E-state index in [1.807, 2.05) is 6.92 Å². The predicted octanol–water partition coefficient (Wildman–Crippen LogP) is 1.70. The number of nitrogens with zero attached hydrogens (tertiary/aromatic N) is 1. The number of benzene rings is 1. The average molecular weight is 322 g/mol. The first-order valence-corrected chi connectivity index (χ1v) is 7.69. The van der Waals surface area contributed by atoms with Crippen LogP contribution >= 0.6 is 11.6 Å². The van der Waals surface area contributed by atoms with Gasteiger partial charge in [-0.2, -0.15) is 4.31 Å². The quantitative estimate of drug-likeness (QED) is 0.773. The highest BCUT2D eigenvalue weighted by Crippen LogP contribution is 2.22. The number of hydrogen-bond donors (Lipinski definition) is 1. The summed E-state index contributed by atoms with van der Waals surface area (Å²) in [5.41, 5.74) is -0.244.